The molecule has 0 saturated carbocycles. The highest BCUT2D eigenvalue weighted by Crippen LogP contribution is 2.22. The number of amides is 1. The Morgan fingerprint density at radius 1 is 1.17 bits per heavy atom. The van der Waals surface area contributed by atoms with Crippen molar-refractivity contribution < 1.29 is 9.53 Å². The number of methoxy groups -OCH3 is 1. The number of rotatable bonds is 6. The minimum absolute atomic E-state index is 0.115. The van der Waals surface area contributed by atoms with Crippen LogP contribution >= 0.6 is 0 Å². The topological polar surface area (TPSA) is 66.5 Å². The zero-order chi connectivity index (χ0) is 20.8. The van der Waals surface area contributed by atoms with Gasteiger partial charge in [-0.05, 0) is 35.4 Å². The van der Waals surface area contributed by atoms with Crippen molar-refractivity contribution in [2.45, 2.75) is 12.6 Å². The van der Waals surface area contributed by atoms with Crippen LogP contribution in [0, 0.1) is 0 Å². The molecule has 2 N–H and O–H groups in total. The van der Waals surface area contributed by atoms with E-state index in [1.165, 1.54) is 5.56 Å². The Hall–Kier alpha value is -3.38. The maximum absolute atomic E-state index is 12.7. The van der Waals surface area contributed by atoms with Gasteiger partial charge in [-0.25, -0.2) is 4.98 Å². The fraction of sp³-hybridized carbons (Fsp3) is 0.250. The third kappa shape index (κ3) is 4.78. The minimum Gasteiger partial charge on any atom is -0.497 e. The lowest BCUT2D eigenvalue weighted by Crippen LogP contribution is -2.46. The number of carbonyl (C=O) groups excluding carboxylic acids is 1. The van der Waals surface area contributed by atoms with Crippen LogP contribution in [0.3, 0.4) is 0 Å². The number of hydrogen-bond acceptors (Lipinski definition) is 5. The van der Waals surface area contributed by atoms with Gasteiger partial charge >= 0.3 is 0 Å². The fourth-order valence-electron chi connectivity index (χ4n) is 3.67. The molecule has 30 heavy (non-hydrogen) atoms. The van der Waals surface area contributed by atoms with Crippen LogP contribution in [0.25, 0.3) is 0 Å². The lowest BCUT2D eigenvalue weighted by molar-refractivity contribution is 0.0950. The van der Waals surface area contributed by atoms with Gasteiger partial charge in [0.1, 0.15) is 11.6 Å². The van der Waals surface area contributed by atoms with E-state index in [1.54, 1.807) is 19.4 Å². The third-order valence-corrected chi connectivity index (χ3v) is 5.30. The van der Waals surface area contributed by atoms with Gasteiger partial charge in [-0.3, -0.25) is 4.79 Å². The summed E-state index contributed by atoms with van der Waals surface area (Å²) in [6, 6.07) is 22.0. The molecule has 2 heterocycles. The molecule has 3 aromatic rings. The van der Waals surface area contributed by atoms with E-state index in [2.05, 4.69) is 44.8 Å². The number of pyridine rings is 1. The molecule has 2 aromatic carbocycles. The van der Waals surface area contributed by atoms with Crippen molar-refractivity contribution >= 4 is 11.7 Å². The SMILES string of the molecule is COc1cccc(CNC(=O)c2ccnc(N3CCNC(c4ccccc4)C3)c2)c1. The molecule has 1 fully saturated rings. The van der Waals surface area contributed by atoms with Crippen LogP contribution in [0.2, 0.25) is 0 Å². The zero-order valence-electron chi connectivity index (χ0n) is 17.0. The number of piperazine rings is 1. The lowest BCUT2D eigenvalue weighted by atomic mass is 10.0. The summed E-state index contributed by atoms with van der Waals surface area (Å²) in [7, 11) is 1.63. The van der Waals surface area contributed by atoms with Crippen molar-refractivity contribution in [2.24, 2.45) is 0 Å². The largest absolute Gasteiger partial charge is 0.497 e. The zero-order valence-corrected chi connectivity index (χ0v) is 17.0. The summed E-state index contributed by atoms with van der Waals surface area (Å²) in [6.45, 7) is 2.97. The number of anilines is 1. The number of carbonyl (C=O) groups is 1. The molecule has 1 saturated heterocycles. The number of hydrogen-bond donors (Lipinski definition) is 2. The Kier molecular flexibility index (Phi) is 6.25. The van der Waals surface area contributed by atoms with Crippen LogP contribution in [0.4, 0.5) is 5.82 Å². The highest BCUT2D eigenvalue weighted by Gasteiger charge is 2.22. The van der Waals surface area contributed by atoms with Gasteiger partial charge < -0.3 is 20.3 Å². The van der Waals surface area contributed by atoms with Crippen molar-refractivity contribution in [3.05, 3.63) is 89.6 Å². The van der Waals surface area contributed by atoms with Gasteiger partial charge in [0.05, 0.1) is 7.11 Å². The van der Waals surface area contributed by atoms with Gasteiger partial charge in [-0.1, -0.05) is 42.5 Å². The maximum Gasteiger partial charge on any atom is 0.251 e. The van der Waals surface area contributed by atoms with Crippen LogP contribution in [0.1, 0.15) is 27.5 Å². The van der Waals surface area contributed by atoms with E-state index in [-0.39, 0.29) is 11.9 Å². The average molecular weight is 402 g/mol. The standard InChI is InChI=1S/C24H26N4O2/c1-30-21-9-5-6-18(14-21)16-27-24(29)20-10-11-26-23(15-20)28-13-12-25-22(17-28)19-7-3-2-4-8-19/h2-11,14-15,22,25H,12-13,16-17H2,1H3,(H,27,29). The normalized spacial score (nSPS) is 16.2. The third-order valence-electron chi connectivity index (χ3n) is 5.30. The summed E-state index contributed by atoms with van der Waals surface area (Å²) in [5.74, 6) is 1.49. The summed E-state index contributed by atoms with van der Waals surface area (Å²) < 4.78 is 5.24. The molecule has 4 rings (SSSR count). The number of aromatic nitrogens is 1. The number of nitrogens with zero attached hydrogens (tertiary/aromatic N) is 2. The number of ether oxygens (including phenoxy) is 1. The van der Waals surface area contributed by atoms with Gasteiger partial charge in [0.15, 0.2) is 0 Å². The Balaban J connectivity index is 1.42. The molecule has 1 aliphatic heterocycles. The molecule has 1 amide bonds. The van der Waals surface area contributed by atoms with E-state index in [0.29, 0.717) is 12.1 Å². The maximum atomic E-state index is 12.7. The predicted molar refractivity (Wildman–Crippen MR) is 118 cm³/mol. The van der Waals surface area contributed by atoms with Gasteiger partial charge in [-0.2, -0.15) is 0 Å². The molecule has 1 aliphatic rings. The molecular weight excluding hydrogens is 376 g/mol. The molecule has 6 nitrogen and oxygen atoms in total. The Labute approximate surface area is 176 Å². The van der Waals surface area contributed by atoms with Crippen LogP contribution in [-0.4, -0.2) is 37.6 Å². The quantitative estimate of drug-likeness (QED) is 0.663. The second-order valence-corrected chi connectivity index (χ2v) is 7.30. The lowest BCUT2D eigenvalue weighted by Gasteiger charge is -2.34. The van der Waals surface area contributed by atoms with E-state index in [0.717, 1.165) is 36.8 Å². The van der Waals surface area contributed by atoms with Gasteiger partial charge in [0, 0.05) is 44.0 Å². The summed E-state index contributed by atoms with van der Waals surface area (Å²) in [5.41, 5.74) is 2.86. The first kappa shape index (κ1) is 19.9. The van der Waals surface area contributed by atoms with E-state index < -0.39 is 0 Å². The first-order chi connectivity index (χ1) is 14.7. The van der Waals surface area contributed by atoms with E-state index >= 15 is 0 Å². The molecule has 154 valence electrons. The molecule has 6 heteroatoms. The molecule has 1 unspecified atom stereocenters. The molecule has 1 atom stereocenters. The number of benzene rings is 2. The van der Waals surface area contributed by atoms with Gasteiger partial charge in [0.2, 0.25) is 0 Å². The average Bonchev–Trinajstić information content (AvgIpc) is 2.83. The Bertz CT molecular complexity index is 993. The highest BCUT2D eigenvalue weighted by molar-refractivity contribution is 5.94. The predicted octanol–water partition coefficient (Wildman–Crippen LogP) is 3.17. The molecule has 0 bridgehead atoms. The molecule has 0 radical (unpaired) electrons. The summed E-state index contributed by atoms with van der Waals surface area (Å²) in [5, 5.41) is 6.54. The summed E-state index contributed by atoms with van der Waals surface area (Å²) in [6.07, 6.45) is 1.70. The van der Waals surface area contributed by atoms with E-state index in [9.17, 15) is 4.79 Å². The van der Waals surface area contributed by atoms with Crippen LogP contribution in [0.5, 0.6) is 5.75 Å². The van der Waals surface area contributed by atoms with Crippen LogP contribution in [-0.2, 0) is 6.54 Å². The molecule has 0 spiro atoms. The summed E-state index contributed by atoms with van der Waals surface area (Å²) >= 11 is 0. The van der Waals surface area contributed by atoms with Crippen molar-refractivity contribution in [3.8, 4) is 5.75 Å². The van der Waals surface area contributed by atoms with Crippen LogP contribution in [0.15, 0.2) is 72.9 Å². The molecule has 1 aromatic heterocycles. The van der Waals surface area contributed by atoms with Crippen LogP contribution < -0.4 is 20.3 Å². The van der Waals surface area contributed by atoms with Crippen molar-refractivity contribution in [1.82, 2.24) is 15.6 Å². The summed E-state index contributed by atoms with van der Waals surface area (Å²) in [4.78, 5) is 19.4. The smallest absolute Gasteiger partial charge is 0.251 e. The second kappa shape index (κ2) is 9.41. The fourth-order valence-corrected chi connectivity index (χ4v) is 3.67. The first-order valence-corrected chi connectivity index (χ1v) is 10.1. The second-order valence-electron chi connectivity index (χ2n) is 7.30. The Morgan fingerprint density at radius 2 is 2.03 bits per heavy atom. The molecular formula is C24H26N4O2. The highest BCUT2D eigenvalue weighted by atomic mass is 16.5. The van der Waals surface area contributed by atoms with Gasteiger partial charge in [0.25, 0.3) is 5.91 Å². The van der Waals surface area contributed by atoms with Gasteiger partial charge in [-0.15, -0.1) is 0 Å². The number of nitrogens with one attached hydrogen (secondary N) is 2. The molecule has 0 aliphatic carbocycles. The first-order valence-electron chi connectivity index (χ1n) is 10.1. The van der Waals surface area contributed by atoms with E-state index in [4.69, 9.17) is 4.74 Å². The van der Waals surface area contributed by atoms with E-state index in [1.807, 2.05) is 36.4 Å². The monoisotopic (exact) mass is 402 g/mol. The van der Waals surface area contributed by atoms with Crippen molar-refractivity contribution in [2.75, 3.05) is 31.6 Å². The Morgan fingerprint density at radius 3 is 2.87 bits per heavy atom. The van der Waals surface area contributed by atoms with Crippen molar-refractivity contribution in [3.63, 3.8) is 0 Å². The minimum atomic E-state index is -0.115. The van der Waals surface area contributed by atoms with Crippen molar-refractivity contribution in [1.29, 1.82) is 0 Å².